The van der Waals surface area contributed by atoms with E-state index in [1.54, 1.807) is 30.3 Å². The number of halogens is 1. The molecule has 172 valence electrons. The number of nitro groups is 1. The van der Waals surface area contributed by atoms with Crippen LogP contribution >= 0.6 is 27.7 Å². The molecule has 1 heterocycles. The van der Waals surface area contributed by atoms with E-state index in [2.05, 4.69) is 15.9 Å². The van der Waals surface area contributed by atoms with Crippen molar-refractivity contribution in [3.05, 3.63) is 108 Å². The van der Waals surface area contributed by atoms with Gasteiger partial charge in [0.1, 0.15) is 12.4 Å². The Morgan fingerprint density at radius 3 is 2.38 bits per heavy atom. The number of amides is 2. The fourth-order valence-corrected chi connectivity index (χ4v) is 4.50. The highest BCUT2D eigenvalue weighted by Crippen LogP contribution is 2.36. The topological polar surface area (TPSA) is 89.8 Å². The average Bonchev–Trinajstić information content (AvgIpc) is 3.07. The van der Waals surface area contributed by atoms with Gasteiger partial charge >= 0.3 is 0 Å². The van der Waals surface area contributed by atoms with Crippen LogP contribution in [-0.2, 0) is 17.9 Å². The summed E-state index contributed by atoms with van der Waals surface area (Å²) in [5.41, 5.74) is 3.39. The van der Waals surface area contributed by atoms with Crippen LogP contribution in [-0.4, -0.2) is 21.0 Å². The summed E-state index contributed by atoms with van der Waals surface area (Å²) in [7, 11) is 0. The van der Waals surface area contributed by atoms with E-state index in [1.807, 2.05) is 37.3 Å². The van der Waals surface area contributed by atoms with Crippen LogP contribution in [0.5, 0.6) is 5.75 Å². The molecule has 4 rings (SSSR count). The molecule has 0 unspecified atom stereocenters. The Bertz CT molecular complexity index is 1290. The van der Waals surface area contributed by atoms with Crippen LogP contribution in [0, 0.1) is 17.0 Å². The number of thioether (sulfide) groups is 1. The Labute approximate surface area is 208 Å². The molecule has 1 saturated heterocycles. The number of non-ortho nitro benzene ring substituents is 1. The van der Waals surface area contributed by atoms with E-state index >= 15 is 0 Å². The molecule has 1 fully saturated rings. The molecular weight excluding hydrogens is 520 g/mol. The van der Waals surface area contributed by atoms with Crippen LogP contribution in [0.25, 0.3) is 6.08 Å². The second-order valence-corrected chi connectivity index (χ2v) is 9.56. The van der Waals surface area contributed by atoms with Crippen molar-refractivity contribution in [2.24, 2.45) is 0 Å². The molecule has 0 saturated carbocycles. The van der Waals surface area contributed by atoms with Crippen LogP contribution in [0.2, 0.25) is 0 Å². The van der Waals surface area contributed by atoms with Gasteiger partial charge in [0.05, 0.1) is 16.4 Å². The summed E-state index contributed by atoms with van der Waals surface area (Å²) in [6, 6.07) is 19.2. The lowest BCUT2D eigenvalue weighted by atomic mass is 10.1. The SMILES string of the molecule is Cc1ccc(CN2C(=O)S/C(=C\c3cc(Br)ccc3OCc3ccc([N+](=O)[O-])cc3)C2=O)cc1. The minimum absolute atomic E-state index is 0.00874. The van der Waals surface area contributed by atoms with Crippen molar-refractivity contribution >= 4 is 50.6 Å². The van der Waals surface area contributed by atoms with Crippen molar-refractivity contribution in [3.8, 4) is 5.75 Å². The first-order valence-corrected chi connectivity index (χ1v) is 11.9. The van der Waals surface area contributed by atoms with Crippen molar-refractivity contribution in [2.75, 3.05) is 0 Å². The van der Waals surface area contributed by atoms with Gasteiger partial charge in [0.2, 0.25) is 0 Å². The quantitative estimate of drug-likeness (QED) is 0.194. The molecule has 0 spiro atoms. The first-order chi connectivity index (χ1) is 16.3. The van der Waals surface area contributed by atoms with Crippen LogP contribution in [0.4, 0.5) is 10.5 Å². The molecule has 0 N–H and O–H groups in total. The number of carbonyl (C=O) groups excluding carboxylic acids is 2. The zero-order chi connectivity index (χ0) is 24.2. The first kappa shape index (κ1) is 23.7. The molecule has 0 atom stereocenters. The molecule has 34 heavy (non-hydrogen) atoms. The molecule has 0 aromatic heterocycles. The van der Waals surface area contributed by atoms with E-state index in [1.165, 1.54) is 17.0 Å². The Kier molecular flexibility index (Phi) is 7.14. The van der Waals surface area contributed by atoms with Crippen molar-refractivity contribution in [1.29, 1.82) is 0 Å². The lowest BCUT2D eigenvalue weighted by molar-refractivity contribution is -0.384. The second kappa shape index (κ2) is 10.2. The second-order valence-electron chi connectivity index (χ2n) is 7.65. The van der Waals surface area contributed by atoms with Crippen molar-refractivity contribution in [2.45, 2.75) is 20.1 Å². The van der Waals surface area contributed by atoms with Gasteiger partial charge in [0.15, 0.2) is 0 Å². The van der Waals surface area contributed by atoms with Gasteiger partial charge in [-0.1, -0.05) is 45.8 Å². The van der Waals surface area contributed by atoms with E-state index < -0.39 is 4.92 Å². The number of hydrogen-bond donors (Lipinski definition) is 0. The number of nitrogens with zero attached hydrogens (tertiary/aromatic N) is 2. The third kappa shape index (κ3) is 5.55. The predicted octanol–water partition coefficient (Wildman–Crippen LogP) is 6.48. The number of ether oxygens (including phenoxy) is 1. The normalized spacial score (nSPS) is 14.6. The van der Waals surface area contributed by atoms with Crippen LogP contribution < -0.4 is 4.74 Å². The van der Waals surface area contributed by atoms with Crippen LogP contribution in [0.15, 0.2) is 76.1 Å². The molecule has 1 aliphatic rings. The van der Waals surface area contributed by atoms with Crippen molar-refractivity contribution < 1.29 is 19.2 Å². The third-order valence-electron chi connectivity index (χ3n) is 5.13. The lowest BCUT2D eigenvalue weighted by Crippen LogP contribution is -2.27. The maximum atomic E-state index is 13.0. The third-order valence-corrected chi connectivity index (χ3v) is 6.54. The summed E-state index contributed by atoms with van der Waals surface area (Å²) < 4.78 is 6.72. The highest BCUT2D eigenvalue weighted by atomic mass is 79.9. The van der Waals surface area contributed by atoms with Gasteiger partial charge in [-0.05, 0) is 66.2 Å². The highest BCUT2D eigenvalue weighted by molar-refractivity contribution is 9.10. The van der Waals surface area contributed by atoms with Crippen LogP contribution in [0.3, 0.4) is 0 Å². The Hall–Kier alpha value is -3.43. The zero-order valence-corrected chi connectivity index (χ0v) is 20.5. The molecule has 2 amide bonds. The Balaban J connectivity index is 1.52. The van der Waals surface area contributed by atoms with Gasteiger partial charge in [0.25, 0.3) is 16.8 Å². The maximum absolute atomic E-state index is 13.0. The standard InChI is InChI=1S/C25H19BrN2O5S/c1-16-2-4-17(5-3-16)14-27-24(29)23(34-25(27)30)13-19-12-20(26)8-11-22(19)33-15-18-6-9-21(10-7-18)28(31)32/h2-13H,14-15H2,1H3/b23-13-. The summed E-state index contributed by atoms with van der Waals surface area (Å²) in [4.78, 5) is 37.4. The average molecular weight is 539 g/mol. The number of benzene rings is 3. The molecule has 3 aromatic carbocycles. The number of aryl methyl sites for hydroxylation is 1. The minimum Gasteiger partial charge on any atom is -0.488 e. The predicted molar refractivity (Wildman–Crippen MR) is 134 cm³/mol. The van der Waals surface area contributed by atoms with E-state index in [0.717, 1.165) is 32.9 Å². The monoisotopic (exact) mass is 538 g/mol. The van der Waals surface area contributed by atoms with E-state index in [0.29, 0.717) is 16.2 Å². The molecule has 0 radical (unpaired) electrons. The lowest BCUT2D eigenvalue weighted by Gasteiger charge is -2.13. The number of rotatable bonds is 7. The van der Waals surface area contributed by atoms with E-state index in [4.69, 9.17) is 4.74 Å². The smallest absolute Gasteiger partial charge is 0.293 e. The number of nitro benzene ring substituents is 1. The van der Waals surface area contributed by atoms with Gasteiger partial charge < -0.3 is 4.74 Å². The van der Waals surface area contributed by atoms with Gasteiger partial charge in [-0.25, -0.2) is 0 Å². The van der Waals surface area contributed by atoms with Gasteiger partial charge in [-0.15, -0.1) is 0 Å². The fraction of sp³-hybridized carbons (Fsp3) is 0.120. The highest BCUT2D eigenvalue weighted by Gasteiger charge is 2.35. The van der Waals surface area contributed by atoms with Gasteiger partial charge in [0, 0.05) is 22.2 Å². The summed E-state index contributed by atoms with van der Waals surface area (Å²) >= 11 is 4.33. The molecule has 3 aromatic rings. The maximum Gasteiger partial charge on any atom is 0.293 e. The number of imide groups is 1. The Morgan fingerprint density at radius 1 is 1.03 bits per heavy atom. The number of carbonyl (C=O) groups is 2. The van der Waals surface area contributed by atoms with E-state index in [-0.39, 0.29) is 30.0 Å². The molecule has 0 bridgehead atoms. The summed E-state index contributed by atoms with van der Waals surface area (Å²) in [5, 5.41) is 10.5. The van der Waals surface area contributed by atoms with E-state index in [9.17, 15) is 19.7 Å². The molecular formula is C25H19BrN2O5S. The molecule has 7 nitrogen and oxygen atoms in total. The Morgan fingerprint density at radius 2 is 1.71 bits per heavy atom. The van der Waals surface area contributed by atoms with Gasteiger partial charge in [-0.3, -0.25) is 24.6 Å². The summed E-state index contributed by atoms with van der Waals surface area (Å²) in [6.07, 6.45) is 1.65. The van der Waals surface area contributed by atoms with Crippen molar-refractivity contribution in [3.63, 3.8) is 0 Å². The molecule has 9 heteroatoms. The summed E-state index contributed by atoms with van der Waals surface area (Å²) in [5.74, 6) is 0.170. The number of hydrogen-bond acceptors (Lipinski definition) is 6. The molecule has 1 aliphatic heterocycles. The van der Waals surface area contributed by atoms with Crippen molar-refractivity contribution in [1.82, 2.24) is 4.90 Å². The van der Waals surface area contributed by atoms with Gasteiger partial charge in [-0.2, -0.15) is 0 Å². The summed E-state index contributed by atoms with van der Waals surface area (Å²) in [6.45, 7) is 2.38. The minimum atomic E-state index is -0.455. The first-order valence-electron chi connectivity index (χ1n) is 10.3. The fourth-order valence-electron chi connectivity index (χ4n) is 3.29. The largest absolute Gasteiger partial charge is 0.488 e. The zero-order valence-electron chi connectivity index (χ0n) is 18.1. The van der Waals surface area contributed by atoms with Crippen LogP contribution in [0.1, 0.15) is 22.3 Å². The molecule has 0 aliphatic carbocycles.